The highest BCUT2D eigenvalue weighted by molar-refractivity contribution is 6.21. The first-order chi connectivity index (χ1) is 23.5. The molecule has 0 spiro atoms. The van der Waals surface area contributed by atoms with Gasteiger partial charge in [-0.05, 0) is 57.4 Å². The number of Topliss-reactive ketones (excluding diaryl/α,β-unsaturated/α-hetero) is 1. The van der Waals surface area contributed by atoms with Gasteiger partial charge in [0.25, 0.3) is 0 Å². The Morgan fingerprint density at radius 2 is 1.43 bits per heavy atom. The van der Waals surface area contributed by atoms with E-state index in [-0.39, 0.29) is 22.4 Å². The molecular formula is C45H69N2O2+. The van der Waals surface area contributed by atoms with Crippen molar-refractivity contribution in [2.45, 2.75) is 163 Å². The normalized spacial score (nSPS) is 20.1. The number of rotatable bonds is 21. The molecule has 4 nitrogen and oxygen atoms in total. The van der Waals surface area contributed by atoms with E-state index in [1.54, 1.807) is 0 Å². The Morgan fingerprint density at radius 3 is 2.04 bits per heavy atom. The maximum atomic E-state index is 13.5. The molecule has 1 N–H and O–H groups in total. The van der Waals surface area contributed by atoms with Gasteiger partial charge in [-0.2, -0.15) is 0 Å². The molecule has 1 aromatic rings. The van der Waals surface area contributed by atoms with Crippen molar-refractivity contribution in [3.05, 3.63) is 76.2 Å². The zero-order valence-electron chi connectivity index (χ0n) is 32.4. The fourth-order valence-corrected chi connectivity index (χ4v) is 8.09. The average molecular weight is 670 g/mol. The summed E-state index contributed by atoms with van der Waals surface area (Å²) in [6.07, 6.45) is 30.1. The van der Waals surface area contributed by atoms with Gasteiger partial charge in [-0.25, -0.2) is 4.58 Å². The molecule has 0 radical (unpaired) electrons. The summed E-state index contributed by atoms with van der Waals surface area (Å²) in [7, 11) is 0. The lowest BCUT2D eigenvalue weighted by atomic mass is 9.80. The third-order valence-electron chi connectivity index (χ3n) is 11.4. The summed E-state index contributed by atoms with van der Waals surface area (Å²) in [5.41, 5.74) is 6.98. The minimum absolute atomic E-state index is 0.0592. The first-order valence-electron chi connectivity index (χ1n) is 20.1. The maximum absolute atomic E-state index is 13.5. The Kier molecular flexibility index (Phi) is 14.6. The lowest BCUT2D eigenvalue weighted by Crippen LogP contribution is -2.29. The summed E-state index contributed by atoms with van der Waals surface area (Å²) < 4.78 is 2.54. The van der Waals surface area contributed by atoms with E-state index >= 15 is 0 Å². The molecular weight excluding hydrogens is 601 g/mol. The van der Waals surface area contributed by atoms with E-state index in [2.05, 4.69) is 82.2 Å². The van der Waals surface area contributed by atoms with Crippen LogP contribution in [0.2, 0.25) is 0 Å². The number of allylic oxidation sites excluding steroid dienone is 7. The number of fused-ring (bicyclic) bond motifs is 1. The van der Waals surface area contributed by atoms with Crippen molar-refractivity contribution < 1.29 is 14.5 Å². The summed E-state index contributed by atoms with van der Waals surface area (Å²) in [6.45, 7) is 19.0. The van der Waals surface area contributed by atoms with Crippen LogP contribution >= 0.6 is 0 Å². The van der Waals surface area contributed by atoms with Crippen LogP contribution in [0.4, 0.5) is 5.69 Å². The van der Waals surface area contributed by atoms with Crippen LogP contribution in [-0.4, -0.2) is 40.8 Å². The summed E-state index contributed by atoms with van der Waals surface area (Å²) in [6, 6.07) is 6.73. The SMILES string of the molecule is CCCCCCCCCCN1C(=CC2=C(O)C(=CC=CC3=[N+](CCCCCCCCCC)CCC3(C)C)C2=O)C(C)(C)c2cc(C)ccc21. The molecule has 1 aromatic carbocycles. The lowest BCUT2D eigenvalue weighted by Gasteiger charge is -2.29. The van der Waals surface area contributed by atoms with E-state index in [0.29, 0.717) is 11.1 Å². The van der Waals surface area contributed by atoms with Gasteiger partial charge in [0.05, 0.1) is 16.6 Å². The van der Waals surface area contributed by atoms with Crippen LogP contribution < -0.4 is 4.90 Å². The third-order valence-corrected chi connectivity index (χ3v) is 11.4. The zero-order chi connectivity index (χ0) is 35.4. The molecule has 49 heavy (non-hydrogen) atoms. The third kappa shape index (κ3) is 9.89. The summed E-state index contributed by atoms with van der Waals surface area (Å²) in [5.74, 6) is 0.0691. The van der Waals surface area contributed by atoms with Gasteiger partial charge in [-0.3, -0.25) is 4.79 Å². The predicted molar refractivity (Wildman–Crippen MR) is 210 cm³/mol. The first-order valence-corrected chi connectivity index (χ1v) is 20.1. The van der Waals surface area contributed by atoms with Crippen molar-refractivity contribution in [1.82, 2.24) is 0 Å². The van der Waals surface area contributed by atoms with Gasteiger partial charge < -0.3 is 10.0 Å². The summed E-state index contributed by atoms with van der Waals surface area (Å²) >= 11 is 0. The van der Waals surface area contributed by atoms with Crippen molar-refractivity contribution in [2.24, 2.45) is 5.41 Å². The average Bonchev–Trinajstić information content (AvgIpc) is 3.47. The van der Waals surface area contributed by atoms with Crippen LogP contribution in [0, 0.1) is 12.3 Å². The van der Waals surface area contributed by atoms with Crippen molar-refractivity contribution in [1.29, 1.82) is 0 Å². The highest BCUT2D eigenvalue weighted by Crippen LogP contribution is 2.49. The molecule has 0 fully saturated rings. The molecule has 0 saturated heterocycles. The minimum atomic E-state index is -0.252. The molecule has 0 unspecified atom stereocenters. The number of aryl methyl sites for hydroxylation is 1. The van der Waals surface area contributed by atoms with E-state index < -0.39 is 0 Å². The van der Waals surface area contributed by atoms with Crippen LogP contribution in [0.15, 0.2) is 65.1 Å². The molecule has 4 heteroatoms. The Labute approximate surface area is 300 Å². The molecule has 0 bridgehead atoms. The summed E-state index contributed by atoms with van der Waals surface area (Å²) in [4.78, 5) is 15.9. The van der Waals surface area contributed by atoms with Gasteiger partial charge in [0.2, 0.25) is 5.78 Å². The second-order valence-electron chi connectivity index (χ2n) is 16.3. The van der Waals surface area contributed by atoms with Gasteiger partial charge in [0, 0.05) is 42.3 Å². The van der Waals surface area contributed by atoms with Crippen molar-refractivity contribution >= 4 is 17.2 Å². The molecule has 0 saturated carbocycles. The molecule has 0 amide bonds. The van der Waals surface area contributed by atoms with E-state index in [9.17, 15) is 9.90 Å². The number of aliphatic hydroxyl groups is 1. The number of carbonyl (C=O) groups excluding carboxylic acids is 1. The second-order valence-corrected chi connectivity index (χ2v) is 16.3. The van der Waals surface area contributed by atoms with Gasteiger partial charge in [-0.1, -0.05) is 135 Å². The molecule has 0 aromatic heterocycles. The number of hydrogen-bond acceptors (Lipinski definition) is 3. The highest BCUT2D eigenvalue weighted by Gasteiger charge is 2.42. The molecule has 1 aliphatic carbocycles. The van der Waals surface area contributed by atoms with E-state index in [1.807, 2.05) is 18.2 Å². The first kappa shape index (κ1) is 38.9. The van der Waals surface area contributed by atoms with Crippen molar-refractivity contribution in [2.75, 3.05) is 24.5 Å². The number of nitrogens with zero attached hydrogens (tertiary/aromatic N) is 2. The van der Waals surface area contributed by atoms with Crippen molar-refractivity contribution in [3.8, 4) is 0 Å². The lowest BCUT2D eigenvalue weighted by molar-refractivity contribution is -0.519. The molecule has 2 heterocycles. The number of carbonyl (C=O) groups is 1. The quantitative estimate of drug-likeness (QED) is 0.0805. The van der Waals surface area contributed by atoms with Crippen LogP contribution in [0.3, 0.4) is 0 Å². The molecule has 2 aliphatic heterocycles. The fourth-order valence-electron chi connectivity index (χ4n) is 8.09. The van der Waals surface area contributed by atoms with Gasteiger partial charge in [0.15, 0.2) is 5.71 Å². The van der Waals surface area contributed by atoms with E-state index in [0.717, 1.165) is 38.2 Å². The smallest absolute Gasteiger partial charge is 0.200 e. The molecule has 0 atom stereocenters. The van der Waals surface area contributed by atoms with Crippen LogP contribution in [0.25, 0.3) is 0 Å². The molecule has 4 rings (SSSR count). The topological polar surface area (TPSA) is 43.5 Å². The second kappa shape index (κ2) is 18.4. The Morgan fingerprint density at radius 1 is 0.837 bits per heavy atom. The Balaban J connectivity index is 1.44. The Hall–Kier alpha value is -2.88. The van der Waals surface area contributed by atoms with Gasteiger partial charge in [-0.15, -0.1) is 0 Å². The van der Waals surface area contributed by atoms with Gasteiger partial charge >= 0.3 is 0 Å². The molecule has 270 valence electrons. The minimum Gasteiger partial charge on any atom is -0.506 e. The largest absolute Gasteiger partial charge is 0.506 e. The zero-order valence-corrected chi connectivity index (χ0v) is 32.4. The number of ketones is 1. The highest BCUT2D eigenvalue weighted by atomic mass is 16.3. The number of benzene rings is 1. The number of unbranched alkanes of at least 4 members (excludes halogenated alkanes) is 14. The monoisotopic (exact) mass is 670 g/mol. The van der Waals surface area contributed by atoms with Crippen LogP contribution in [-0.2, 0) is 10.2 Å². The number of hydrogen-bond donors (Lipinski definition) is 1. The van der Waals surface area contributed by atoms with Crippen LogP contribution in [0.1, 0.15) is 162 Å². The number of anilines is 1. The van der Waals surface area contributed by atoms with E-state index in [1.165, 1.54) is 119 Å². The van der Waals surface area contributed by atoms with E-state index in [4.69, 9.17) is 0 Å². The Bertz CT molecular complexity index is 1430. The standard InChI is InChI=1S/C45H68N2O2/c1-8-10-12-14-16-18-20-22-30-46-32-29-44(4,5)40(46)26-24-25-36-42(48)37(43(36)49)34-41-45(6,7)38-33-35(3)27-28-39(38)47(41)31-23-21-19-17-15-13-11-9-2/h24-28,33-34H,8-23,29-32H2,1-7H3/p+1. The predicted octanol–water partition coefficient (Wildman–Crippen LogP) is 12.0. The number of aliphatic hydroxyl groups excluding tert-OH is 1. The maximum Gasteiger partial charge on any atom is 0.200 e. The summed E-state index contributed by atoms with van der Waals surface area (Å²) in [5, 5.41) is 11.2. The van der Waals surface area contributed by atoms with Crippen LogP contribution in [0.5, 0.6) is 0 Å². The van der Waals surface area contributed by atoms with Crippen molar-refractivity contribution in [3.63, 3.8) is 0 Å². The fraction of sp³-hybridized carbons (Fsp3) is 0.644. The molecule has 3 aliphatic rings. The van der Waals surface area contributed by atoms with Gasteiger partial charge in [0.1, 0.15) is 18.8 Å².